The Hall–Kier alpha value is -1.48. The molecule has 1 rings (SSSR count). The lowest BCUT2D eigenvalue weighted by Crippen LogP contribution is -2.21. The summed E-state index contributed by atoms with van der Waals surface area (Å²) in [6.45, 7) is -0.337. The zero-order valence-corrected chi connectivity index (χ0v) is 7.93. The van der Waals surface area contributed by atoms with Gasteiger partial charge in [0.1, 0.15) is 6.54 Å². The van der Waals surface area contributed by atoms with Crippen molar-refractivity contribution in [1.29, 1.82) is 5.26 Å². The molecule has 0 bridgehead atoms. The number of pyridine rings is 1. The molecule has 1 heterocycles. The highest BCUT2D eigenvalue weighted by atomic mass is 35.5. The summed E-state index contributed by atoms with van der Waals surface area (Å²) in [6.07, 6.45) is -3.86. The van der Waals surface area contributed by atoms with Crippen LogP contribution in [-0.2, 0) is 12.7 Å². The maximum Gasteiger partial charge on any atom is 0.418 e. The first kappa shape index (κ1) is 11.6. The Labute approximate surface area is 87.3 Å². The molecule has 15 heavy (non-hydrogen) atoms. The Morgan fingerprint density at radius 1 is 1.53 bits per heavy atom. The largest absolute Gasteiger partial charge is 0.418 e. The number of nitrogens with zero attached hydrogens (tertiary/aromatic N) is 2. The summed E-state index contributed by atoms with van der Waals surface area (Å²) in [6, 6.07) is 2.01. The van der Waals surface area contributed by atoms with Gasteiger partial charge in [0.15, 0.2) is 0 Å². The van der Waals surface area contributed by atoms with E-state index in [-0.39, 0.29) is 6.54 Å². The van der Waals surface area contributed by atoms with Gasteiger partial charge in [-0.3, -0.25) is 4.79 Å². The van der Waals surface area contributed by atoms with Crippen molar-refractivity contribution in [1.82, 2.24) is 4.57 Å². The number of halogens is 4. The highest BCUT2D eigenvalue weighted by Crippen LogP contribution is 2.33. The third kappa shape index (κ3) is 2.50. The lowest BCUT2D eigenvalue weighted by atomic mass is 10.2. The van der Waals surface area contributed by atoms with E-state index in [2.05, 4.69) is 0 Å². The van der Waals surface area contributed by atoms with E-state index in [1.165, 1.54) is 0 Å². The summed E-state index contributed by atoms with van der Waals surface area (Å²) in [5.41, 5.74) is -2.10. The molecule has 1 aromatic rings. The van der Waals surface area contributed by atoms with Gasteiger partial charge in [0.25, 0.3) is 5.56 Å². The molecule has 0 saturated heterocycles. The summed E-state index contributed by atoms with van der Waals surface area (Å²) in [7, 11) is 0. The average molecular weight is 237 g/mol. The first-order valence-electron chi connectivity index (χ1n) is 3.70. The van der Waals surface area contributed by atoms with Crippen molar-refractivity contribution in [2.45, 2.75) is 12.7 Å². The number of rotatable bonds is 1. The molecule has 0 atom stereocenters. The summed E-state index contributed by atoms with van der Waals surface area (Å²) in [5.74, 6) is 0. The Kier molecular flexibility index (Phi) is 3.05. The highest BCUT2D eigenvalue weighted by molar-refractivity contribution is 6.31. The van der Waals surface area contributed by atoms with Gasteiger partial charge in [-0.25, -0.2) is 0 Å². The minimum absolute atomic E-state index is 0.337. The smallest absolute Gasteiger partial charge is 0.300 e. The van der Waals surface area contributed by atoms with Gasteiger partial charge in [0.05, 0.1) is 16.7 Å². The minimum Gasteiger partial charge on any atom is -0.300 e. The molecule has 1 aromatic heterocycles. The van der Waals surface area contributed by atoms with Crippen molar-refractivity contribution >= 4 is 11.6 Å². The second kappa shape index (κ2) is 3.95. The molecule has 80 valence electrons. The molecule has 3 nitrogen and oxygen atoms in total. The molecule has 7 heteroatoms. The number of nitriles is 1. The predicted octanol–water partition coefficient (Wildman–Crippen LogP) is 2.04. The minimum atomic E-state index is -4.66. The van der Waals surface area contributed by atoms with Gasteiger partial charge in [-0.05, 0) is 0 Å². The van der Waals surface area contributed by atoms with E-state index in [0.29, 0.717) is 6.07 Å². The second-order valence-corrected chi connectivity index (χ2v) is 3.06. The van der Waals surface area contributed by atoms with Gasteiger partial charge in [0, 0.05) is 12.3 Å². The third-order valence-electron chi connectivity index (χ3n) is 1.62. The summed E-state index contributed by atoms with van der Waals surface area (Å²) >= 11 is 5.33. The van der Waals surface area contributed by atoms with Crippen LogP contribution < -0.4 is 5.56 Å². The van der Waals surface area contributed by atoms with Crippen LogP contribution in [-0.4, -0.2) is 4.57 Å². The molecule has 0 aliphatic carbocycles. The van der Waals surface area contributed by atoms with Gasteiger partial charge >= 0.3 is 6.18 Å². The Morgan fingerprint density at radius 3 is 2.60 bits per heavy atom. The molecule has 0 spiro atoms. The maximum absolute atomic E-state index is 12.2. The van der Waals surface area contributed by atoms with Crippen LogP contribution in [0.4, 0.5) is 13.2 Å². The first-order chi connectivity index (χ1) is 6.86. The standard InChI is InChI=1S/C8H4ClF3N2O/c9-6-4-14(2-1-13)7(15)3-5(6)8(10,11)12/h3-4H,2H2. The van der Waals surface area contributed by atoms with Gasteiger partial charge in [-0.1, -0.05) is 11.6 Å². The first-order valence-corrected chi connectivity index (χ1v) is 4.08. The van der Waals surface area contributed by atoms with Crippen LogP contribution in [0.5, 0.6) is 0 Å². The summed E-state index contributed by atoms with van der Waals surface area (Å²) < 4.78 is 37.5. The normalized spacial score (nSPS) is 11.1. The fourth-order valence-corrected chi connectivity index (χ4v) is 1.24. The number of hydrogen-bond acceptors (Lipinski definition) is 2. The maximum atomic E-state index is 12.2. The van der Waals surface area contributed by atoms with Gasteiger partial charge in [-0.2, -0.15) is 18.4 Å². The van der Waals surface area contributed by atoms with Gasteiger partial charge < -0.3 is 4.57 Å². The fourth-order valence-electron chi connectivity index (χ4n) is 0.962. The molecule has 0 aromatic carbocycles. The molecule has 0 aliphatic heterocycles. The van der Waals surface area contributed by atoms with E-state index >= 15 is 0 Å². The van der Waals surface area contributed by atoms with E-state index in [0.717, 1.165) is 10.8 Å². The summed E-state index contributed by atoms with van der Waals surface area (Å²) in [5, 5.41) is 7.69. The lowest BCUT2D eigenvalue weighted by molar-refractivity contribution is -0.137. The van der Waals surface area contributed by atoms with Crippen LogP contribution in [0.3, 0.4) is 0 Å². The van der Waals surface area contributed by atoms with Crippen molar-refractivity contribution in [3.05, 3.63) is 33.2 Å². The van der Waals surface area contributed by atoms with E-state index in [1.54, 1.807) is 6.07 Å². The van der Waals surface area contributed by atoms with E-state index in [9.17, 15) is 18.0 Å². The Balaban J connectivity index is 3.34. The van der Waals surface area contributed by atoms with Crippen molar-refractivity contribution in [2.75, 3.05) is 0 Å². The fraction of sp³-hybridized carbons (Fsp3) is 0.250. The molecule has 0 fully saturated rings. The molecule has 0 N–H and O–H groups in total. The van der Waals surface area contributed by atoms with Gasteiger partial charge in [-0.15, -0.1) is 0 Å². The molecule has 0 amide bonds. The monoisotopic (exact) mass is 236 g/mol. The second-order valence-electron chi connectivity index (χ2n) is 2.66. The molecule has 0 aliphatic rings. The van der Waals surface area contributed by atoms with Crippen LogP contribution in [0, 0.1) is 11.3 Å². The SMILES string of the molecule is N#CCn1cc(Cl)c(C(F)(F)F)cc1=O. The van der Waals surface area contributed by atoms with E-state index in [1.807, 2.05) is 0 Å². The Bertz CT molecular complexity index is 472. The van der Waals surface area contributed by atoms with Crippen molar-refractivity contribution < 1.29 is 13.2 Å². The lowest BCUT2D eigenvalue weighted by Gasteiger charge is -2.09. The van der Waals surface area contributed by atoms with Crippen LogP contribution in [0.25, 0.3) is 0 Å². The van der Waals surface area contributed by atoms with Crippen LogP contribution in [0.2, 0.25) is 5.02 Å². The topological polar surface area (TPSA) is 45.8 Å². The van der Waals surface area contributed by atoms with Crippen molar-refractivity contribution in [2.24, 2.45) is 0 Å². The zero-order valence-electron chi connectivity index (χ0n) is 7.18. The molecular weight excluding hydrogens is 233 g/mol. The molecule has 0 unspecified atom stereocenters. The van der Waals surface area contributed by atoms with E-state index < -0.39 is 22.3 Å². The molecular formula is C8H4ClF3N2O. The zero-order chi connectivity index (χ0) is 11.6. The van der Waals surface area contributed by atoms with Crippen molar-refractivity contribution in [3.8, 4) is 6.07 Å². The molecule has 0 radical (unpaired) electrons. The van der Waals surface area contributed by atoms with Crippen LogP contribution in [0.15, 0.2) is 17.1 Å². The van der Waals surface area contributed by atoms with Crippen LogP contribution >= 0.6 is 11.6 Å². The predicted molar refractivity (Wildman–Crippen MR) is 46.3 cm³/mol. The van der Waals surface area contributed by atoms with E-state index in [4.69, 9.17) is 16.9 Å². The summed E-state index contributed by atoms with van der Waals surface area (Å²) in [4.78, 5) is 11.1. The number of hydrogen-bond donors (Lipinski definition) is 0. The Morgan fingerprint density at radius 2 is 2.13 bits per heavy atom. The molecule has 0 saturated carbocycles. The van der Waals surface area contributed by atoms with Gasteiger partial charge in [0.2, 0.25) is 0 Å². The highest BCUT2D eigenvalue weighted by Gasteiger charge is 2.33. The van der Waals surface area contributed by atoms with Crippen molar-refractivity contribution in [3.63, 3.8) is 0 Å². The average Bonchev–Trinajstić information content (AvgIpc) is 2.09. The number of aromatic nitrogens is 1. The third-order valence-corrected chi connectivity index (χ3v) is 1.93. The van der Waals surface area contributed by atoms with Crippen LogP contribution in [0.1, 0.15) is 5.56 Å². The quantitative estimate of drug-likeness (QED) is 0.749. The number of alkyl halides is 3.